The minimum absolute atomic E-state index is 0.128. The first-order chi connectivity index (χ1) is 11.7. The van der Waals surface area contributed by atoms with Gasteiger partial charge >= 0.3 is 0 Å². The van der Waals surface area contributed by atoms with E-state index in [1.165, 1.54) is 24.3 Å². The van der Waals surface area contributed by atoms with Crippen LogP contribution >= 0.6 is 0 Å². The lowest BCUT2D eigenvalue weighted by atomic mass is 9.87. The number of hydrogen-bond acceptors (Lipinski definition) is 1. The molecule has 0 saturated heterocycles. The highest BCUT2D eigenvalue weighted by Crippen LogP contribution is 2.64. The van der Waals surface area contributed by atoms with Crippen molar-refractivity contribution in [3.8, 4) is 0 Å². The fourth-order valence-corrected chi connectivity index (χ4v) is 3.54. The van der Waals surface area contributed by atoms with Gasteiger partial charge in [0.15, 0.2) is 0 Å². The van der Waals surface area contributed by atoms with Crippen LogP contribution in [0, 0.1) is 22.9 Å². The van der Waals surface area contributed by atoms with Crippen LogP contribution in [0.1, 0.15) is 31.4 Å². The molecule has 2 nitrogen and oxygen atoms in total. The van der Waals surface area contributed by atoms with Crippen LogP contribution in [0.5, 0.6) is 0 Å². The summed E-state index contributed by atoms with van der Waals surface area (Å²) in [5.41, 5.74) is 0.412. The van der Waals surface area contributed by atoms with Crippen LogP contribution in [0.25, 0.3) is 0 Å². The number of benzene rings is 2. The van der Waals surface area contributed by atoms with E-state index >= 15 is 0 Å². The van der Waals surface area contributed by atoms with Gasteiger partial charge in [-0.1, -0.05) is 32.0 Å². The molecule has 0 bridgehead atoms. The van der Waals surface area contributed by atoms with Crippen molar-refractivity contribution in [2.75, 3.05) is 6.54 Å². The quantitative estimate of drug-likeness (QED) is 0.866. The third-order valence-electron chi connectivity index (χ3n) is 5.23. The van der Waals surface area contributed by atoms with Gasteiger partial charge in [-0.05, 0) is 41.2 Å². The second kappa shape index (κ2) is 6.21. The van der Waals surface area contributed by atoms with E-state index in [9.17, 15) is 18.0 Å². The molecular weight excluding hydrogens is 327 g/mol. The van der Waals surface area contributed by atoms with Gasteiger partial charge < -0.3 is 5.32 Å². The highest BCUT2D eigenvalue weighted by atomic mass is 19.1. The Morgan fingerprint density at radius 1 is 1.04 bits per heavy atom. The van der Waals surface area contributed by atoms with Crippen LogP contribution in [0.2, 0.25) is 0 Å². The highest BCUT2D eigenvalue weighted by molar-refractivity contribution is 5.78. The number of carbonyl (C=O) groups excluding carboxylic acids is 1. The maximum Gasteiger partial charge on any atom is 0.224 e. The Balaban J connectivity index is 1.71. The molecule has 5 heteroatoms. The smallest absolute Gasteiger partial charge is 0.224 e. The summed E-state index contributed by atoms with van der Waals surface area (Å²) >= 11 is 0. The number of halogens is 3. The maximum atomic E-state index is 14.3. The highest BCUT2D eigenvalue weighted by Gasteiger charge is 2.62. The summed E-state index contributed by atoms with van der Waals surface area (Å²) in [4.78, 5) is 12.2. The van der Waals surface area contributed by atoms with Crippen molar-refractivity contribution in [2.24, 2.45) is 5.41 Å². The minimum atomic E-state index is -0.616. The zero-order valence-electron chi connectivity index (χ0n) is 14.2. The monoisotopic (exact) mass is 347 g/mol. The predicted molar refractivity (Wildman–Crippen MR) is 89.5 cm³/mol. The molecule has 2 aromatic rings. The largest absolute Gasteiger partial charge is 0.355 e. The van der Waals surface area contributed by atoms with Crippen LogP contribution in [0.4, 0.5) is 13.2 Å². The molecular formula is C20H20F3NO. The van der Waals surface area contributed by atoms with Gasteiger partial charge in [0.25, 0.3) is 0 Å². The first-order valence-corrected chi connectivity index (χ1v) is 8.20. The van der Waals surface area contributed by atoms with Crippen molar-refractivity contribution in [3.63, 3.8) is 0 Å². The summed E-state index contributed by atoms with van der Waals surface area (Å²) in [6.07, 6.45) is 0.835. The number of hydrogen-bond donors (Lipinski definition) is 1. The summed E-state index contributed by atoms with van der Waals surface area (Å²) in [5.74, 6) is -1.76. The van der Waals surface area contributed by atoms with E-state index in [1.54, 1.807) is 12.1 Å². The van der Waals surface area contributed by atoms with E-state index in [0.717, 1.165) is 6.07 Å². The van der Waals surface area contributed by atoms with Crippen LogP contribution in [0.15, 0.2) is 42.5 Å². The Kier molecular flexibility index (Phi) is 4.35. The van der Waals surface area contributed by atoms with Gasteiger partial charge in [0, 0.05) is 18.0 Å². The molecule has 1 atom stereocenters. The van der Waals surface area contributed by atoms with Crippen LogP contribution in [-0.2, 0) is 16.6 Å². The molecule has 132 valence electrons. The molecule has 0 aliphatic heterocycles. The normalized spacial score (nSPS) is 21.0. The molecule has 2 aromatic carbocycles. The van der Waals surface area contributed by atoms with Crippen molar-refractivity contribution in [2.45, 2.75) is 32.1 Å². The van der Waals surface area contributed by atoms with Gasteiger partial charge in [-0.3, -0.25) is 4.79 Å². The van der Waals surface area contributed by atoms with Gasteiger partial charge in [-0.2, -0.15) is 0 Å². The molecule has 0 radical (unpaired) electrons. The molecule has 1 saturated carbocycles. The van der Waals surface area contributed by atoms with Crippen LogP contribution < -0.4 is 5.32 Å². The number of amides is 1. The summed E-state index contributed by atoms with van der Waals surface area (Å²) in [6, 6.07) is 9.33. The Morgan fingerprint density at radius 3 is 2.20 bits per heavy atom. The molecule has 1 fully saturated rings. The standard InChI is InChI=1S/C20H20F3NO/c1-19(2)11-20(19,16-8-7-15(22)10-17(16)23)12-24-18(25)9-13-3-5-14(21)6-4-13/h3-8,10H,9,11-12H2,1-2H3,(H,24,25). The van der Waals surface area contributed by atoms with Gasteiger partial charge in [0.05, 0.1) is 6.42 Å². The third-order valence-corrected chi connectivity index (χ3v) is 5.23. The lowest BCUT2D eigenvalue weighted by Gasteiger charge is -2.22. The van der Waals surface area contributed by atoms with Crippen LogP contribution in [-0.4, -0.2) is 12.5 Å². The first-order valence-electron chi connectivity index (χ1n) is 8.20. The predicted octanol–water partition coefficient (Wildman–Crippen LogP) is 4.13. The SMILES string of the molecule is CC1(C)CC1(CNC(=O)Cc1ccc(F)cc1)c1ccc(F)cc1F. The lowest BCUT2D eigenvalue weighted by molar-refractivity contribution is -0.120. The van der Waals surface area contributed by atoms with Gasteiger partial charge in [0.1, 0.15) is 17.5 Å². The average molecular weight is 347 g/mol. The summed E-state index contributed by atoms with van der Waals surface area (Å²) in [7, 11) is 0. The van der Waals surface area contributed by atoms with E-state index in [4.69, 9.17) is 0 Å². The summed E-state index contributed by atoms with van der Waals surface area (Å²) < 4.78 is 40.4. The Bertz CT molecular complexity index is 801. The Labute approximate surface area is 145 Å². The zero-order valence-corrected chi connectivity index (χ0v) is 14.2. The van der Waals surface area contributed by atoms with Gasteiger partial charge in [0.2, 0.25) is 5.91 Å². The number of carbonyl (C=O) groups is 1. The van der Waals surface area contributed by atoms with E-state index in [-0.39, 0.29) is 30.1 Å². The van der Waals surface area contributed by atoms with Crippen molar-refractivity contribution >= 4 is 5.91 Å². The van der Waals surface area contributed by atoms with Gasteiger partial charge in [-0.25, -0.2) is 13.2 Å². The average Bonchev–Trinajstić information content (AvgIpc) is 3.10. The lowest BCUT2D eigenvalue weighted by Crippen LogP contribution is -2.36. The molecule has 0 spiro atoms. The van der Waals surface area contributed by atoms with Crippen molar-refractivity contribution in [3.05, 3.63) is 71.0 Å². The Morgan fingerprint density at radius 2 is 1.64 bits per heavy atom. The minimum Gasteiger partial charge on any atom is -0.355 e. The van der Waals surface area contributed by atoms with E-state index < -0.39 is 17.0 Å². The van der Waals surface area contributed by atoms with E-state index in [1.807, 2.05) is 13.8 Å². The van der Waals surface area contributed by atoms with Gasteiger partial charge in [-0.15, -0.1) is 0 Å². The van der Waals surface area contributed by atoms with Crippen molar-refractivity contribution in [1.82, 2.24) is 5.32 Å². The molecule has 1 unspecified atom stereocenters. The second-order valence-corrected chi connectivity index (χ2v) is 7.35. The number of rotatable bonds is 5. The maximum absolute atomic E-state index is 14.3. The van der Waals surface area contributed by atoms with Crippen molar-refractivity contribution < 1.29 is 18.0 Å². The molecule has 1 aliphatic carbocycles. The summed E-state index contributed by atoms with van der Waals surface area (Å²) in [5, 5.41) is 2.85. The fraction of sp³-hybridized carbons (Fsp3) is 0.350. The third kappa shape index (κ3) is 3.41. The molecule has 3 rings (SSSR count). The molecule has 0 heterocycles. The van der Waals surface area contributed by atoms with E-state index in [0.29, 0.717) is 17.5 Å². The zero-order chi connectivity index (χ0) is 18.2. The molecule has 1 aliphatic rings. The molecule has 25 heavy (non-hydrogen) atoms. The number of nitrogens with one attached hydrogen (secondary N) is 1. The first kappa shape index (κ1) is 17.5. The molecule has 1 amide bonds. The van der Waals surface area contributed by atoms with E-state index in [2.05, 4.69) is 5.32 Å². The molecule has 0 aromatic heterocycles. The molecule has 1 N–H and O–H groups in total. The topological polar surface area (TPSA) is 29.1 Å². The second-order valence-electron chi connectivity index (χ2n) is 7.35. The van der Waals surface area contributed by atoms with Crippen LogP contribution in [0.3, 0.4) is 0 Å². The fourth-order valence-electron chi connectivity index (χ4n) is 3.54. The Hall–Kier alpha value is -2.30. The van der Waals surface area contributed by atoms with Crippen molar-refractivity contribution in [1.29, 1.82) is 0 Å². The summed E-state index contributed by atoms with van der Waals surface area (Å²) in [6.45, 7) is 4.28.